The summed E-state index contributed by atoms with van der Waals surface area (Å²) in [6.07, 6.45) is 0. The van der Waals surface area contributed by atoms with Crippen molar-refractivity contribution in [1.29, 1.82) is 0 Å². The molecule has 3 nitrogen and oxygen atoms in total. The van der Waals surface area contributed by atoms with Gasteiger partial charge in [0, 0.05) is 42.8 Å². The van der Waals surface area contributed by atoms with Crippen LogP contribution in [0.4, 0.5) is 0 Å². The summed E-state index contributed by atoms with van der Waals surface area (Å²) >= 11 is 1.89. The van der Waals surface area contributed by atoms with Gasteiger partial charge in [-0.15, -0.1) is 11.3 Å². The first-order valence-corrected chi connectivity index (χ1v) is 18.3. The number of para-hydroxylation sites is 2. The van der Waals surface area contributed by atoms with Crippen LogP contribution in [0.1, 0.15) is 25.0 Å². The number of hydrogen-bond donors (Lipinski definition) is 0. The molecule has 7 aromatic carbocycles. The molecule has 0 saturated heterocycles. The second-order valence-electron chi connectivity index (χ2n) is 14.2. The first kappa shape index (κ1) is 28.7. The second kappa shape index (κ2) is 10.5. The van der Waals surface area contributed by atoms with Gasteiger partial charge in [-0.1, -0.05) is 135 Å². The van der Waals surface area contributed by atoms with Gasteiger partial charge < -0.3 is 4.57 Å². The molecule has 4 heterocycles. The van der Waals surface area contributed by atoms with Crippen molar-refractivity contribution in [3.63, 3.8) is 0 Å². The molecule has 0 N–H and O–H groups in total. The van der Waals surface area contributed by atoms with Crippen LogP contribution in [-0.4, -0.2) is 14.5 Å². The van der Waals surface area contributed by atoms with Crippen molar-refractivity contribution in [2.75, 3.05) is 0 Å². The molecule has 0 amide bonds. The van der Waals surface area contributed by atoms with Crippen LogP contribution in [0.3, 0.4) is 0 Å². The largest absolute Gasteiger partial charge is 0.300 e. The molecule has 1 aliphatic heterocycles. The van der Waals surface area contributed by atoms with Gasteiger partial charge in [0.15, 0.2) is 5.82 Å². The second-order valence-corrected chi connectivity index (χ2v) is 15.2. The Hall–Kier alpha value is -6.10. The average Bonchev–Trinajstić information content (AvgIpc) is 3.71. The molecule has 240 valence electrons. The van der Waals surface area contributed by atoms with E-state index in [0.29, 0.717) is 0 Å². The third-order valence-electron chi connectivity index (χ3n) is 11.0. The van der Waals surface area contributed by atoms with E-state index in [1.807, 2.05) is 11.3 Å². The molecule has 0 radical (unpaired) electrons. The van der Waals surface area contributed by atoms with E-state index < -0.39 is 0 Å². The number of nitrogens with zero attached hydrogens (tertiary/aromatic N) is 3. The molecule has 1 aliphatic rings. The maximum Gasteiger partial charge on any atom is 0.160 e. The van der Waals surface area contributed by atoms with Gasteiger partial charge in [-0.25, -0.2) is 9.97 Å². The molecule has 0 fully saturated rings. The fourth-order valence-electron chi connectivity index (χ4n) is 8.52. The molecule has 11 rings (SSSR count). The summed E-state index contributed by atoms with van der Waals surface area (Å²) in [6.45, 7) is 4.74. The maximum atomic E-state index is 5.37. The van der Waals surface area contributed by atoms with E-state index in [9.17, 15) is 0 Å². The van der Waals surface area contributed by atoms with Gasteiger partial charge in [-0.3, -0.25) is 0 Å². The maximum absolute atomic E-state index is 5.37. The van der Waals surface area contributed by atoms with Crippen LogP contribution >= 0.6 is 11.3 Å². The van der Waals surface area contributed by atoms with Gasteiger partial charge in [0.1, 0.15) is 4.83 Å². The van der Waals surface area contributed by atoms with E-state index >= 15 is 0 Å². The van der Waals surface area contributed by atoms with E-state index in [1.54, 1.807) is 0 Å². The standard InChI is InChI=1S/C47H31N3S/c1-47(2)37-21-11-20-36-42-35-18-6-8-23-41(35)51-46(42)50(44(36)37)40-25-24-30(27-38(40)47)43-34-17-5-7-22-39(34)48-45(49-43)31-15-9-14-29(26-31)33-19-10-13-28-12-3-4-16-32(28)33/h3-27H,1-2H3. The molecule has 3 aromatic heterocycles. The smallest absolute Gasteiger partial charge is 0.160 e. The van der Waals surface area contributed by atoms with Gasteiger partial charge in [0.25, 0.3) is 0 Å². The van der Waals surface area contributed by atoms with E-state index in [4.69, 9.17) is 9.97 Å². The highest BCUT2D eigenvalue weighted by molar-refractivity contribution is 7.25. The van der Waals surface area contributed by atoms with Gasteiger partial charge in [-0.2, -0.15) is 0 Å². The average molecular weight is 670 g/mol. The van der Waals surface area contributed by atoms with Gasteiger partial charge >= 0.3 is 0 Å². The minimum absolute atomic E-state index is 0.213. The number of benzene rings is 7. The lowest BCUT2D eigenvalue weighted by atomic mass is 9.74. The summed E-state index contributed by atoms with van der Waals surface area (Å²) in [6, 6.07) is 54.8. The highest BCUT2D eigenvalue weighted by atomic mass is 32.1. The summed E-state index contributed by atoms with van der Waals surface area (Å²) < 4.78 is 3.85. The van der Waals surface area contributed by atoms with E-state index in [0.717, 1.165) is 39.1 Å². The lowest BCUT2D eigenvalue weighted by molar-refractivity contribution is 0.630. The lowest BCUT2D eigenvalue weighted by Crippen LogP contribution is -2.26. The van der Waals surface area contributed by atoms with Crippen LogP contribution in [0.15, 0.2) is 152 Å². The highest BCUT2D eigenvalue weighted by Gasteiger charge is 2.36. The molecule has 4 heteroatoms. The number of thiophene rings is 1. The topological polar surface area (TPSA) is 30.7 Å². The van der Waals surface area contributed by atoms with Crippen LogP contribution in [0, 0.1) is 0 Å². The number of hydrogen-bond acceptors (Lipinski definition) is 3. The van der Waals surface area contributed by atoms with E-state index in [-0.39, 0.29) is 5.41 Å². The van der Waals surface area contributed by atoms with E-state index in [2.05, 4.69) is 170 Å². The Morgan fingerprint density at radius 2 is 1.27 bits per heavy atom. The molecule has 0 spiro atoms. The molecule has 0 saturated carbocycles. The fourth-order valence-corrected chi connectivity index (χ4v) is 9.76. The van der Waals surface area contributed by atoms with Crippen molar-refractivity contribution in [3.05, 3.63) is 163 Å². The Labute approximate surface area is 299 Å². The number of aromatic nitrogens is 3. The third-order valence-corrected chi connectivity index (χ3v) is 12.1. The quantitative estimate of drug-likeness (QED) is 0.187. The zero-order valence-corrected chi connectivity index (χ0v) is 29.0. The number of rotatable bonds is 3. The van der Waals surface area contributed by atoms with Crippen molar-refractivity contribution >= 4 is 64.2 Å². The fraction of sp³-hybridized carbons (Fsp3) is 0.0638. The number of fused-ring (bicyclic) bond motifs is 9. The molecule has 0 bridgehead atoms. The van der Waals surface area contributed by atoms with Crippen LogP contribution in [-0.2, 0) is 5.41 Å². The predicted molar refractivity (Wildman–Crippen MR) is 215 cm³/mol. The van der Waals surface area contributed by atoms with Crippen LogP contribution in [0.2, 0.25) is 0 Å². The van der Waals surface area contributed by atoms with Crippen molar-refractivity contribution in [3.8, 4) is 39.5 Å². The molecule has 0 aliphatic carbocycles. The molecular formula is C47H31N3S. The van der Waals surface area contributed by atoms with Gasteiger partial charge in [0.05, 0.1) is 22.4 Å². The summed E-state index contributed by atoms with van der Waals surface area (Å²) in [5.41, 5.74) is 11.4. The molecule has 0 unspecified atom stereocenters. The summed E-state index contributed by atoms with van der Waals surface area (Å²) in [4.78, 5) is 11.8. The van der Waals surface area contributed by atoms with Crippen LogP contribution in [0.5, 0.6) is 0 Å². The SMILES string of the molecule is CC1(C)c2cc(-c3nc(-c4cccc(-c5cccc6ccccc56)c4)nc4ccccc34)ccc2-n2c3sc4ccccc4c3c3cccc1c32. The van der Waals surface area contributed by atoms with Crippen molar-refractivity contribution < 1.29 is 0 Å². The Morgan fingerprint density at radius 3 is 2.20 bits per heavy atom. The zero-order chi connectivity index (χ0) is 33.8. The molecule has 10 aromatic rings. The molecule has 51 heavy (non-hydrogen) atoms. The van der Waals surface area contributed by atoms with E-state index in [1.165, 1.54) is 64.4 Å². The van der Waals surface area contributed by atoms with Gasteiger partial charge in [-0.05, 0) is 63.4 Å². The Bertz CT molecular complexity index is 3070. The minimum atomic E-state index is -0.213. The monoisotopic (exact) mass is 669 g/mol. The van der Waals surface area contributed by atoms with Crippen molar-refractivity contribution in [1.82, 2.24) is 14.5 Å². The Kier molecular flexibility index (Phi) is 5.89. The first-order valence-electron chi connectivity index (χ1n) is 17.5. The van der Waals surface area contributed by atoms with Crippen LogP contribution < -0.4 is 0 Å². The van der Waals surface area contributed by atoms with Crippen molar-refractivity contribution in [2.45, 2.75) is 19.3 Å². The lowest BCUT2D eigenvalue weighted by Gasteiger charge is -2.35. The Balaban J connectivity index is 1.12. The Morgan fingerprint density at radius 1 is 0.549 bits per heavy atom. The van der Waals surface area contributed by atoms with Crippen molar-refractivity contribution in [2.24, 2.45) is 0 Å². The minimum Gasteiger partial charge on any atom is -0.300 e. The molecule has 0 atom stereocenters. The predicted octanol–water partition coefficient (Wildman–Crippen LogP) is 12.7. The summed E-state index contributed by atoms with van der Waals surface area (Å²) in [5, 5.41) is 7.55. The third kappa shape index (κ3) is 4.05. The van der Waals surface area contributed by atoms with Crippen LogP contribution in [0.25, 0.3) is 92.3 Å². The van der Waals surface area contributed by atoms with Gasteiger partial charge in [0.2, 0.25) is 0 Å². The first-order chi connectivity index (χ1) is 25.0. The normalized spacial score (nSPS) is 13.5. The zero-order valence-electron chi connectivity index (χ0n) is 28.2. The summed E-state index contributed by atoms with van der Waals surface area (Å²) in [5.74, 6) is 0.729. The highest BCUT2D eigenvalue weighted by Crippen LogP contribution is 2.51. The molecular weight excluding hydrogens is 639 g/mol. The summed E-state index contributed by atoms with van der Waals surface area (Å²) in [7, 11) is 0.